The Kier molecular flexibility index (Phi) is 4.10. The van der Waals surface area contributed by atoms with Crippen LogP contribution in [0.4, 0.5) is 11.4 Å². The molecule has 0 aliphatic carbocycles. The van der Waals surface area contributed by atoms with E-state index in [4.69, 9.17) is 5.11 Å². The van der Waals surface area contributed by atoms with Gasteiger partial charge in [0.2, 0.25) is 0 Å². The summed E-state index contributed by atoms with van der Waals surface area (Å²) in [4.78, 5) is 10.1. The summed E-state index contributed by atoms with van der Waals surface area (Å²) < 4.78 is 0. The van der Waals surface area contributed by atoms with Gasteiger partial charge in [0.25, 0.3) is 5.69 Å². The highest BCUT2D eigenvalue weighted by Gasteiger charge is 2.03. The van der Waals surface area contributed by atoms with Crippen molar-refractivity contribution in [2.45, 2.75) is 13.2 Å². The van der Waals surface area contributed by atoms with E-state index in [2.05, 4.69) is 5.32 Å². The number of nitrogens with one attached hydrogen (secondary N) is 1. The van der Waals surface area contributed by atoms with Gasteiger partial charge >= 0.3 is 0 Å². The van der Waals surface area contributed by atoms with Crippen molar-refractivity contribution in [3.63, 3.8) is 0 Å². The van der Waals surface area contributed by atoms with E-state index < -0.39 is 4.92 Å². The molecule has 0 heterocycles. The van der Waals surface area contributed by atoms with Crippen molar-refractivity contribution in [3.8, 4) is 0 Å². The van der Waals surface area contributed by atoms with Crippen LogP contribution in [0.25, 0.3) is 0 Å². The van der Waals surface area contributed by atoms with Gasteiger partial charge in [-0.1, -0.05) is 24.3 Å². The van der Waals surface area contributed by atoms with Crippen LogP contribution in [0.2, 0.25) is 0 Å². The normalized spacial score (nSPS) is 10.2. The molecule has 0 spiro atoms. The number of rotatable bonds is 5. The lowest BCUT2D eigenvalue weighted by Gasteiger charge is -2.06. The highest BCUT2D eigenvalue weighted by molar-refractivity contribution is 5.48. The molecule has 98 valence electrons. The molecule has 0 aliphatic heterocycles. The quantitative estimate of drug-likeness (QED) is 0.638. The van der Waals surface area contributed by atoms with Crippen LogP contribution in [-0.2, 0) is 13.2 Å². The molecule has 2 rings (SSSR count). The standard InChI is InChI=1S/C14H14N2O3/c17-10-12-3-1-11(2-4-12)9-15-13-5-7-14(8-6-13)16(18)19/h1-8,15,17H,9-10H2. The van der Waals surface area contributed by atoms with E-state index in [1.54, 1.807) is 12.1 Å². The van der Waals surface area contributed by atoms with Gasteiger partial charge in [0, 0.05) is 24.4 Å². The average molecular weight is 258 g/mol. The Hall–Kier alpha value is -2.40. The summed E-state index contributed by atoms with van der Waals surface area (Å²) in [7, 11) is 0. The van der Waals surface area contributed by atoms with E-state index in [-0.39, 0.29) is 12.3 Å². The third-order valence-electron chi connectivity index (χ3n) is 2.78. The smallest absolute Gasteiger partial charge is 0.269 e. The first-order valence-electron chi connectivity index (χ1n) is 5.86. The number of benzene rings is 2. The summed E-state index contributed by atoms with van der Waals surface area (Å²) in [5.74, 6) is 0. The van der Waals surface area contributed by atoms with Crippen molar-refractivity contribution in [2.75, 3.05) is 5.32 Å². The number of hydrogen-bond donors (Lipinski definition) is 2. The van der Waals surface area contributed by atoms with E-state index >= 15 is 0 Å². The first-order chi connectivity index (χ1) is 9.19. The van der Waals surface area contributed by atoms with E-state index in [9.17, 15) is 10.1 Å². The van der Waals surface area contributed by atoms with Crippen LogP contribution >= 0.6 is 0 Å². The number of aliphatic hydroxyl groups excluding tert-OH is 1. The number of nitrogens with zero attached hydrogens (tertiary/aromatic N) is 1. The lowest BCUT2D eigenvalue weighted by atomic mass is 10.1. The Morgan fingerprint density at radius 2 is 1.58 bits per heavy atom. The summed E-state index contributed by atoms with van der Waals surface area (Å²) in [5, 5.41) is 22.6. The molecule has 0 bridgehead atoms. The molecule has 0 radical (unpaired) electrons. The van der Waals surface area contributed by atoms with Gasteiger partial charge in [0.05, 0.1) is 11.5 Å². The largest absolute Gasteiger partial charge is 0.392 e. The fourth-order valence-corrected chi connectivity index (χ4v) is 1.67. The molecule has 5 nitrogen and oxygen atoms in total. The number of nitro groups is 1. The zero-order valence-electron chi connectivity index (χ0n) is 10.2. The van der Waals surface area contributed by atoms with Gasteiger partial charge in [0.1, 0.15) is 0 Å². The molecule has 2 aromatic carbocycles. The highest BCUT2D eigenvalue weighted by atomic mass is 16.6. The molecular weight excluding hydrogens is 244 g/mol. The van der Waals surface area contributed by atoms with Crippen LogP contribution in [0.1, 0.15) is 11.1 Å². The maximum absolute atomic E-state index is 10.5. The molecule has 0 saturated carbocycles. The maximum Gasteiger partial charge on any atom is 0.269 e. The van der Waals surface area contributed by atoms with Crippen LogP contribution in [-0.4, -0.2) is 10.0 Å². The minimum absolute atomic E-state index is 0.0378. The first-order valence-corrected chi connectivity index (χ1v) is 5.86. The molecule has 19 heavy (non-hydrogen) atoms. The molecule has 0 amide bonds. The number of aliphatic hydroxyl groups is 1. The minimum atomic E-state index is -0.419. The van der Waals surface area contributed by atoms with Gasteiger partial charge in [-0.25, -0.2) is 0 Å². The van der Waals surface area contributed by atoms with Crippen molar-refractivity contribution < 1.29 is 10.0 Å². The molecule has 0 aliphatic rings. The van der Waals surface area contributed by atoms with Gasteiger partial charge in [-0.3, -0.25) is 10.1 Å². The molecule has 0 aromatic heterocycles. The molecule has 0 fully saturated rings. The van der Waals surface area contributed by atoms with Crippen LogP contribution in [0.5, 0.6) is 0 Å². The van der Waals surface area contributed by atoms with Gasteiger partial charge < -0.3 is 10.4 Å². The third kappa shape index (κ3) is 3.53. The molecule has 2 N–H and O–H groups in total. The number of hydrogen-bond acceptors (Lipinski definition) is 4. The molecule has 0 atom stereocenters. The van der Waals surface area contributed by atoms with Crippen molar-refractivity contribution >= 4 is 11.4 Å². The zero-order chi connectivity index (χ0) is 13.7. The minimum Gasteiger partial charge on any atom is -0.392 e. The lowest BCUT2D eigenvalue weighted by molar-refractivity contribution is -0.384. The monoisotopic (exact) mass is 258 g/mol. The van der Waals surface area contributed by atoms with E-state index in [1.807, 2.05) is 24.3 Å². The summed E-state index contributed by atoms with van der Waals surface area (Å²) in [5.41, 5.74) is 2.87. The van der Waals surface area contributed by atoms with Crippen molar-refractivity contribution in [1.82, 2.24) is 0 Å². The number of nitro benzene ring substituents is 1. The topological polar surface area (TPSA) is 75.4 Å². The van der Waals surface area contributed by atoms with E-state index in [1.165, 1.54) is 12.1 Å². The second-order valence-electron chi connectivity index (χ2n) is 4.13. The number of anilines is 1. The first kappa shape index (κ1) is 13.0. The summed E-state index contributed by atoms with van der Waals surface area (Å²) in [6.45, 7) is 0.666. The fraction of sp³-hybridized carbons (Fsp3) is 0.143. The van der Waals surface area contributed by atoms with Gasteiger partial charge in [-0.05, 0) is 23.3 Å². The Labute approximate surface area is 110 Å². The predicted molar refractivity (Wildman–Crippen MR) is 72.8 cm³/mol. The molecule has 2 aromatic rings. The zero-order valence-corrected chi connectivity index (χ0v) is 10.2. The highest BCUT2D eigenvalue weighted by Crippen LogP contribution is 2.16. The lowest BCUT2D eigenvalue weighted by Crippen LogP contribution is -1.99. The van der Waals surface area contributed by atoms with E-state index in [0.717, 1.165) is 16.8 Å². The predicted octanol–water partition coefficient (Wildman–Crippen LogP) is 2.70. The number of non-ortho nitro benzene ring substituents is 1. The molecular formula is C14H14N2O3. The summed E-state index contributed by atoms with van der Waals surface area (Å²) in [6, 6.07) is 13.9. The second-order valence-corrected chi connectivity index (χ2v) is 4.13. The summed E-state index contributed by atoms with van der Waals surface area (Å²) >= 11 is 0. The fourth-order valence-electron chi connectivity index (χ4n) is 1.67. The van der Waals surface area contributed by atoms with Gasteiger partial charge in [-0.15, -0.1) is 0 Å². The van der Waals surface area contributed by atoms with Crippen molar-refractivity contribution in [3.05, 3.63) is 69.8 Å². The Bertz CT molecular complexity index is 550. The van der Waals surface area contributed by atoms with Gasteiger partial charge in [-0.2, -0.15) is 0 Å². The molecule has 0 unspecified atom stereocenters. The second kappa shape index (κ2) is 5.97. The van der Waals surface area contributed by atoms with Crippen LogP contribution in [0.15, 0.2) is 48.5 Å². The van der Waals surface area contributed by atoms with Crippen molar-refractivity contribution in [1.29, 1.82) is 0 Å². The van der Waals surface area contributed by atoms with Crippen LogP contribution in [0.3, 0.4) is 0 Å². The van der Waals surface area contributed by atoms with Crippen molar-refractivity contribution in [2.24, 2.45) is 0 Å². The maximum atomic E-state index is 10.5. The van der Waals surface area contributed by atoms with Crippen LogP contribution < -0.4 is 5.32 Å². The Morgan fingerprint density at radius 1 is 1.00 bits per heavy atom. The summed E-state index contributed by atoms with van der Waals surface area (Å²) in [6.07, 6.45) is 0. The van der Waals surface area contributed by atoms with Crippen LogP contribution in [0, 0.1) is 10.1 Å². The van der Waals surface area contributed by atoms with Gasteiger partial charge in [0.15, 0.2) is 0 Å². The SMILES string of the molecule is O=[N+]([O-])c1ccc(NCc2ccc(CO)cc2)cc1. The van der Waals surface area contributed by atoms with E-state index in [0.29, 0.717) is 6.54 Å². The molecule has 0 saturated heterocycles. The average Bonchev–Trinajstić information content (AvgIpc) is 2.46. The third-order valence-corrected chi connectivity index (χ3v) is 2.78. The Balaban J connectivity index is 1.95. The Morgan fingerprint density at radius 3 is 2.11 bits per heavy atom. The molecule has 5 heteroatoms.